The first-order chi connectivity index (χ1) is 13.9. The summed E-state index contributed by atoms with van der Waals surface area (Å²) in [4.78, 5) is 15.1. The van der Waals surface area contributed by atoms with Gasteiger partial charge in [-0.15, -0.1) is 0 Å². The Morgan fingerprint density at radius 1 is 1.00 bits per heavy atom. The Morgan fingerprint density at radius 3 is 2.24 bits per heavy atom. The summed E-state index contributed by atoms with van der Waals surface area (Å²) in [6, 6.07) is 12.9. The molecular weight excluding hydrogens is 412 g/mol. The normalized spacial score (nSPS) is 10.9. The third-order valence-corrected chi connectivity index (χ3v) is 5.23. The molecule has 7 heteroatoms. The quantitative estimate of drug-likeness (QED) is 0.441. The SMILES string of the molecule is CCCN(CCC)C(=O)c1cc(-c2ccc(F)cc2)nn1-c1ccc(Cl)c(Cl)c1. The molecule has 0 aliphatic carbocycles. The summed E-state index contributed by atoms with van der Waals surface area (Å²) in [6.45, 7) is 5.39. The molecule has 3 aromatic rings. The van der Waals surface area contributed by atoms with Crippen molar-refractivity contribution >= 4 is 29.1 Å². The molecule has 4 nitrogen and oxygen atoms in total. The van der Waals surface area contributed by atoms with Crippen LogP contribution in [0.15, 0.2) is 48.5 Å². The summed E-state index contributed by atoms with van der Waals surface area (Å²) >= 11 is 12.2. The molecule has 0 radical (unpaired) electrons. The van der Waals surface area contributed by atoms with Crippen molar-refractivity contribution in [1.29, 1.82) is 0 Å². The first-order valence-corrected chi connectivity index (χ1v) is 10.3. The Kier molecular flexibility index (Phi) is 6.93. The van der Waals surface area contributed by atoms with E-state index in [1.807, 2.05) is 18.7 Å². The van der Waals surface area contributed by atoms with Gasteiger partial charge in [0, 0.05) is 18.7 Å². The molecule has 1 amide bonds. The van der Waals surface area contributed by atoms with Crippen LogP contribution in [0, 0.1) is 5.82 Å². The Labute approximate surface area is 179 Å². The van der Waals surface area contributed by atoms with Crippen molar-refractivity contribution in [3.63, 3.8) is 0 Å². The van der Waals surface area contributed by atoms with Gasteiger partial charge in [0.25, 0.3) is 5.91 Å². The number of amides is 1. The lowest BCUT2D eigenvalue weighted by Gasteiger charge is -2.21. The van der Waals surface area contributed by atoms with Gasteiger partial charge in [0.05, 0.1) is 21.4 Å². The molecule has 3 rings (SSSR count). The molecule has 29 heavy (non-hydrogen) atoms. The van der Waals surface area contributed by atoms with E-state index >= 15 is 0 Å². The molecule has 1 heterocycles. The highest BCUT2D eigenvalue weighted by molar-refractivity contribution is 6.42. The van der Waals surface area contributed by atoms with Crippen molar-refractivity contribution in [1.82, 2.24) is 14.7 Å². The number of halogens is 3. The molecule has 0 unspecified atom stereocenters. The van der Waals surface area contributed by atoms with Gasteiger partial charge in [-0.25, -0.2) is 9.07 Å². The van der Waals surface area contributed by atoms with Crippen LogP contribution in [0.25, 0.3) is 16.9 Å². The van der Waals surface area contributed by atoms with Gasteiger partial charge >= 0.3 is 0 Å². The van der Waals surface area contributed by atoms with Crippen LogP contribution in [0.2, 0.25) is 10.0 Å². The molecule has 152 valence electrons. The van der Waals surface area contributed by atoms with Crippen LogP contribution >= 0.6 is 23.2 Å². The van der Waals surface area contributed by atoms with Crippen LogP contribution < -0.4 is 0 Å². The number of carbonyl (C=O) groups excluding carboxylic acids is 1. The highest BCUT2D eigenvalue weighted by Crippen LogP contribution is 2.28. The van der Waals surface area contributed by atoms with Gasteiger partial charge in [0.1, 0.15) is 11.5 Å². The van der Waals surface area contributed by atoms with E-state index in [1.165, 1.54) is 12.1 Å². The Bertz CT molecular complexity index is 996. The fourth-order valence-electron chi connectivity index (χ4n) is 3.13. The lowest BCUT2D eigenvalue weighted by Crippen LogP contribution is -2.33. The van der Waals surface area contributed by atoms with E-state index in [0.717, 1.165) is 18.4 Å². The third-order valence-electron chi connectivity index (χ3n) is 4.49. The molecule has 0 N–H and O–H groups in total. The summed E-state index contributed by atoms with van der Waals surface area (Å²) in [5, 5.41) is 5.42. The van der Waals surface area contributed by atoms with Crippen molar-refractivity contribution in [2.45, 2.75) is 26.7 Å². The van der Waals surface area contributed by atoms with Crippen molar-refractivity contribution in [3.8, 4) is 16.9 Å². The molecule has 0 atom stereocenters. The minimum Gasteiger partial charge on any atom is -0.337 e. The number of hydrogen-bond acceptors (Lipinski definition) is 2. The van der Waals surface area contributed by atoms with Crippen LogP contribution in [0.3, 0.4) is 0 Å². The second-order valence-corrected chi connectivity index (χ2v) is 7.54. The van der Waals surface area contributed by atoms with Crippen LogP contribution in [0.1, 0.15) is 37.2 Å². The predicted octanol–water partition coefficient (Wildman–Crippen LogP) is 6.25. The average molecular weight is 434 g/mol. The predicted molar refractivity (Wildman–Crippen MR) is 115 cm³/mol. The van der Waals surface area contributed by atoms with Gasteiger partial charge < -0.3 is 4.90 Å². The van der Waals surface area contributed by atoms with E-state index in [9.17, 15) is 9.18 Å². The summed E-state index contributed by atoms with van der Waals surface area (Å²) in [5.41, 5.74) is 2.35. The summed E-state index contributed by atoms with van der Waals surface area (Å²) < 4.78 is 14.9. The number of aromatic nitrogens is 2. The number of rotatable bonds is 7. The molecule has 1 aromatic heterocycles. The van der Waals surface area contributed by atoms with E-state index < -0.39 is 0 Å². The molecule has 0 aliphatic heterocycles. The third kappa shape index (κ3) is 4.80. The zero-order valence-electron chi connectivity index (χ0n) is 16.3. The standard InChI is InChI=1S/C22H22Cl2FN3O/c1-3-11-27(12-4-2)22(29)21-14-20(15-5-7-16(25)8-6-15)26-28(21)17-9-10-18(23)19(24)13-17/h5-10,13-14H,3-4,11-12H2,1-2H3. The van der Waals surface area contributed by atoms with Crippen LogP contribution in [-0.2, 0) is 0 Å². The van der Waals surface area contributed by atoms with Crippen LogP contribution in [0.5, 0.6) is 0 Å². The first kappa shape index (κ1) is 21.3. The number of nitrogens with zero attached hydrogens (tertiary/aromatic N) is 3. The molecule has 0 saturated carbocycles. The second-order valence-electron chi connectivity index (χ2n) is 6.72. The van der Waals surface area contributed by atoms with E-state index in [2.05, 4.69) is 5.10 Å². The minimum atomic E-state index is -0.328. The topological polar surface area (TPSA) is 38.1 Å². The smallest absolute Gasteiger partial charge is 0.272 e. The van der Waals surface area contributed by atoms with Crippen LogP contribution in [0.4, 0.5) is 4.39 Å². The Balaban J connectivity index is 2.12. The van der Waals surface area contributed by atoms with Crippen molar-refractivity contribution in [2.24, 2.45) is 0 Å². The summed E-state index contributed by atoms with van der Waals surface area (Å²) in [6.07, 6.45) is 1.72. The number of carbonyl (C=O) groups is 1. The van der Waals surface area contributed by atoms with E-state index in [0.29, 0.717) is 40.2 Å². The Morgan fingerprint density at radius 2 is 1.66 bits per heavy atom. The maximum atomic E-state index is 13.3. The van der Waals surface area contributed by atoms with E-state index in [-0.39, 0.29) is 11.7 Å². The zero-order valence-corrected chi connectivity index (χ0v) is 17.8. The van der Waals surface area contributed by atoms with Gasteiger partial charge in [-0.1, -0.05) is 37.0 Å². The summed E-state index contributed by atoms with van der Waals surface area (Å²) in [5.74, 6) is -0.438. The van der Waals surface area contributed by atoms with Gasteiger partial charge in [-0.3, -0.25) is 4.79 Å². The average Bonchev–Trinajstić information content (AvgIpc) is 3.15. The first-order valence-electron chi connectivity index (χ1n) is 9.55. The molecule has 2 aromatic carbocycles. The lowest BCUT2D eigenvalue weighted by atomic mass is 10.1. The van der Waals surface area contributed by atoms with E-state index in [1.54, 1.807) is 41.1 Å². The fraction of sp³-hybridized carbons (Fsp3) is 0.273. The molecular formula is C22H22Cl2FN3O. The molecule has 0 saturated heterocycles. The molecule has 0 fully saturated rings. The van der Waals surface area contributed by atoms with Gasteiger partial charge in [-0.05, 0) is 61.4 Å². The highest BCUT2D eigenvalue weighted by atomic mass is 35.5. The lowest BCUT2D eigenvalue weighted by molar-refractivity contribution is 0.0746. The highest BCUT2D eigenvalue weighted by Gasteiger charge is 2.22. The monoisotopic (exact) mass is 433 g/mol. The zero-order chi connectivity index (χ0) is 21.0. The van der Waals surface area contributed by atoms with Gasteiger partial charge in [0.2, 0.25) is 0 Å². The van der Waals surface area contributed by atoms with Crippen molar-refractivity contribution in [3.05, 3.63) is 70.1 Å². The van der Waals surface area contributed by atoms with Gasteiger partial charge in [-0.2, -0.15) is 5.10 Å². The van der Waals surface area contributed by atoms with Crippen molar-refractivity contribution < 1.29 is 9.18 Å². The molecule has 0 bridgehead atoms. The van der Waals surface area contributed by atoms with Crippen molar-refractivity contribution in [2.75, 3.05) is 13.1 Å². The molecule has 0 spiro atoms. The van der Waals surface area contributed by atoms with Gasteiger partial charge in [0.15, 0.2) is 0 Å². The minimum absolute atomic E-state index is 0.111. The summed E-state index contributed by atoms with van der Waals surface area (Å²) in [7, 11) is 0. The van der Waals surface area contributed by atoms with Crippen LogP contribution in [-0.4, -0.2) is 33.7 Å². The second kappa shape index (κ2) is 9.42. The fourth-order valence-corrected chi connectivity index (χ4v) is 3.42. The maximum Gasteiger partial charge on any atom is 0.272 e. The van der Waals surface area contributed by atoms with E-state index in [4.69, 9.17) is 23.2 Å². The number of hydrogen-bond donors (Lipinski definition) is 0. The number of benzene rings is 2. The maximum absolute atomic E-state index is 13.3. The molecule has 0 aliphatic rings. The largest absolute Gasteiger partial charge is 0.337 e. The Hall–Kier alpha value is -2.37.